The lowest BCUT2D eigenvalue weighted by atomic mass is 9.85. The van der Waals surface area contributed by atoms with Gasteiger partial charge in [-0.05, 0) is 39.8 Å². The van der Waals surface area contributed by atoms with Crippen LogP contribution in [-0.4, -0.2) is 66.9 Å². The second-order valence-electron chi connectivity index (χ2n) is 6.01. The summed E-state index contributed by atoms with van der Waals surface area (Å²) in [6.07, 6.45) is 1.86. The van der Waals surface area contributed by atoms with Gasteiger partial charge >= 0.3 is 12.0 Å². The molecular formula is C14H25N3O4. The third kappa shape index (κ3) is 3.29. The van der Waals surface area contributed by atoms with Crippen LogP contribution in [0.5, 0.6) is 0 Å². The zero-order valence-corrected chi connectivity index (χ0v) is 12.7. The van der Waals surface area contributed by atoms with Crippen LogP contribution in [0, 0.1) is 5.41 Å². The number of carboxylic acids is 1. The highest BCUT2D eigenvalue weighted by atomic mass is 16.5. The number of hydrogen-bond acceptors (Lipinski definition) is 4. The first-order valence-corrected chi connectivity index (χ1v) is 7.58. The molecule has 0 aliphatic carbocycles. The first-order valence-electron chi connectivity index (χ1n) is 7.58. The molecule has 2 rings (SSSR count). The maximum absolute atomic E-state index is 12.5. The average molecular weight is 299 g/mol. The van der Waals surface area contributed by atoms with Gasteiger partial charge in [0.15, 0.2) is 0 Å². The van der Waals surface area contributed by atoms with Crippen molar-refractivity contribution in [2.75, 3.05) is 32.8 Å². The van der Waals surface area contributed by atoms with E-state index >= 15 is 0 Å². The number of carbonyl (C=O) groups is 2. The minimum atomic E-state index is -1.05. The number of nitrogens with one attached hydrogen (secondary N) is 2. The minimum Gasteiger partial charge on any atom is -0.481 e. The van der Waals surface area contributed by atoms with Crippen LogP contribution in [0.25, 0.3) is 0 Å². The van der Waals surface area contributed by atoms with Crippen LogP contribution >= 0.6 is 0 Å². The second-order valence-corrected chi connectivity index (χ2v) is 6.01. The van der Waals surface area contributed by atoms with Gasteiger partial charge in [0.2, 0.25) is 0 Å². The molecule has 2 unspecified atom stereocenters. The van der Waals surface area contributed by atoms with E-state index in [0.717, 1.165) is 25.9 Å². The predicted molar refractivity (Wildman–Crippen MR) is 77.2 cm³/mol. The number of hydrogen-bond donors (Lipinski definition) is 3. The Kier molecular flexibility index (Phi) is 5.05. The lowest BCUT2D eigenvalue weighted by Crippen LogP contribution is -2.56. The van der Waals surface area contributed by atoms with Gasteiger partial charge in [-0.25, -0.2) is 4.79 Å². The summed E-state index contributed by atoms with van der Waals surface area (Å²) in [7, 11) is 0. The van der Waals surface area contributed by atoms with Crippen molar-refractivity contribution in [3.8, 4) is 0 Å². The van der Waals surface area contributed by atoms with Gasteiger partial charge in [0, 0.05) is 12.6 Å². The van der Waals surface area contributed by atoms with Crippen LogP contribution in [0.15, 0.2) is 0 Å². The molecule has 0 spiro atoms. The fourth-order valence-electron chi connectivity index (χ4n) is 3.00. The first-order chi connectivity index (χ1) is 9.99. The molecule has 7 heteroatoms. The molecule has 120 valence electrons. The molecular weight excluding hydrogens is 274 g/mol. The van der Waals surface area contributed by atoms with E-state index in [2.05, 4.69) is 10.6 Å². The van der Waals surface area contributed by atoms with Gasteiger partial charge < -0.3 is 25.4 Å². The Morgan fingerprint density at radius 2 is 2.10 bits per heavy atom. The fraction of sp³-hybridized carbons (Fsp3) is 0.857. The Morgan fingerprint density at radius 1 is 1.43 bits per heavy atom. The van der Waals surface area contributed by atoms with E-state index in [1.165, 1.54) is 0 Å². The number of aliphatic carboxylic acids is 1. The highest BCUT2D eigenvalue weighted by molar-refractivity contribution is 5.79. The van der Waals surface area contributed by atoms with Gasteiger partial charge in [0.1, 0.15) is 5.41 Å². The molecule has 2 amide bonds. The summed E-state index contributed by atoms with van der Waals surface area (Å²) < 4.78 is 5.27. The number of ether oxygens (including phenoxy) is 1. The molecule has 2 aliphatic heterocycles. The van der Waals surface area contributed by atoms with Gasteiger partial charge in [-0.3, -0.25) is 4.79 Å². The molecule has 2 atom stereocenters. The Balaban J connectivity index is 2.00. The molecule has 3 N–H and O–H groups in total. The molecule has 2 fully saturated rings. The highest BCUT2D eigenvalue weighted by Crippen LogP contribution is 2.29. The minimum absolute atomic E-state index is 0.132. The number of nitrogens with zero attached hydrogens (tertiary/aromatic N) is 1. The Labute approximate surface area is 125 Å². The van der Waals surface area contributed by atoms with Crippen LogP contribution < -0.4 is 10.6 Å². The van der Waals surface area contributed by atoms with E-state index in [1.807, 2.05) is 6.92 Å². The molecule has 0 aromatic heterocycles. The molecule has 2 saturated heterocycles. The van der Waals surface area contributed by atoms with E-state index in [-0.39, 0.29) is 25.3 Å². The number of urea groups is 1. The topological polar surface area (TPSA) is 90.9 Å². The molecule has 0 aromatic carbocycles. The van der Waals surface area contributed by atoms with E-state index in [0.29, 0.717) is 6.54 Å². The van der Waals surface area contributed by atoms with Crippen molar-refractivity contribution in [1.82, 2.24) is 15.5 Å². The highest BCUT2D eigenvalue weighted by Gasteiger charge is 2.47. The van der Waals surface area contributed by atoms with Gasteiger partial charge in [-0.1, -0.05) is 0 Å². The van der Waals surface area contributed by atoms with Gasteiger partial charge in [0.05, 0.1) is 19.3 Å². The lowest BCUT2D eigenvalue weighted by Gasteiger charge is -2.35. The zero-order valence-electron chi connectivity index (χ0n) is 12.7. The number of piperidine rings is 1. The van der Waals surface area contributed by atoms with Crippen LogP contribution in [0.1, 0.15) is 26.7 Å². The SMILES string of the molecule is CCN(C(=O)NC1COCC1(C)C(=O)O)C1CCNCC1. The standard InChI is InChI=1S/C14H25N3O4/c1-3-17(10-4-6-15-7-5-10)13(20)16-11-8-21-9-14(11,2)12(18)19/h10-11,15H,3-9H2,1-2H3,(H,16,20)(H,18,19). The third-order valence-electron chi connectivity index (χ3n) is 4.59. The molecule has 0 saturated carbocycles. The van der Waals surface area contributed by atoms with Crippen molar-refractivity contribution >= 4 is 12.0 Å². The summed E-state index contributed by atoms with van der Waals surface area (Å²) in [5, 5.41) is 15.5. The maximum Gasteiger partial charge on any atom is 0.317 e. The molecule has 2 heterocycles. The summed E-state index contributed by atoms with van der Waals surface area (Å²) in [5.41, 5.74) is -1.05. The van der Waals surface area contributed by atoms with Crippen LogP contribution in [0.4, 0.5) is 4.79 Å². The molecule has 7 nitrogen and oxygen atoms in total. The lowest BCUT2D eigenvalue weighted by molar-refractivity contribution is -0.148. The van der Waals surface area contributed by atoms with Crippen molar-refractivity contribution in [3.05, 3.63) is 0 Å². The molecule has 0 radical (unpaired) electrons. The smallest absolute Gasteiger partial charge is 0.317 e. The monoisotopic (exact) mass is 299 g/mol. The zero-order chi connectivity index (χ0) is 15.5. The number of rotatable bonds is 4. The van der Waals surface area contributed by atoms with Gasteiger partial charge in [0.25, 0.3) is 0 Å². The number of amides is 2. The van der Waals surface area contributed by atoms with Gasteiger partial charge in [-0.15, -0.1) is 0 Å². The normalized spacial score (nSPS) is 30.1. The van der Waals surface area contributed by atoms with E-state index < -0.39 is 17.4 Å². The summed E-state index contributed by atoms with van der Waals surface area (Å²) in [4.78, 5) is 25.7. The molecule has 2 aliphatic rings. The Morgan fingerprint density at radius 3 is 2.67 bits per heavy atom. The van der Waals surface area contributed by atoms with Crippen molar-refractivity contribution in [3.63, 3.8) is 0 Å². The van der Waals surface area contributed by atoms with Crippen molar-refractivity contribution in [1.29, 1.82) is 0 Å². The Hall–Kier alpha value is -1.34. The van der Waals surface area contributed by atoms with E-state index in [9.17, 15) is 14.7 Å². The van der Waals surface area contributed by atoms with Crippen LogP contribution in [-0.2, 0) is 9.53 Å². The molecule has 0 bridgehead atoms. The summed E-state index contributed by atoms with van der Waals surface area (Å²) >= 11 is 0. The Bertz CT molecular complexity index is 398. The van der Waals surface area contributed by atoms with Gasteiger partial charge in [-0.2, -0.15) is 0 Å². The van der Waals surface area contributed by atoms with E-state index in [1.54, 1.807) is 11.8 Å². The largest absolute Gasteiger partial charge is 0.481 e. The molecule has 0 aromatic rings. The first kappa shape index (κ1) is 16.0. The van der Waals surface area contributed by atoms with Crippen molar-refractivity contribution in [2.45, 2.75) is 38.8 Å². The van der Waals surface area contributed by atoms with Crippen LogP contribution in [0.2, 0.25) is 0 Å². The van der Waals surface area contributed by atoms with Crippen molar-refractivity contribution in [2.24, 2.45) is 5.41 Å². The fourth-order valence-corrected chi connectivity index (χ4v) is 3.00. The number of carboxylic acid groups (broad SMARTS) is 1. The predicted octanol–water partition coefficient (Wildman–Crippen LogP) is 0.260. The molecule has 21 heavy (non-hydrogen) atoms. The summed E-state index contributed by atoms with van der Waals surface area (Å²) in [6.45, 7) is 6.39. The van der Waals surface area contributed by atoms with E-state index in [4.69, 9.17) is 4.74 Å². The quantitative estimate of drug-likeness (QED) is 0.693. The summed E-state index contributed by atoms with van der Waals surface area (Å²) in [6, 6.07) is -0.458. The number of carbonyl (C=O) groups excluding carboxylic acids is 1. The maximum atomic E-state index is 12.5. The average Bonchev–Trinajstić information content (AvgIpc) is 2.83. The summed E-state index contributed by atoms with van der Waals surface area (Å²) in [5.74, 6) is -0.935. The van der Waals surface area contributed by atoms with Crippen molar-refractivity contribution < 1.29 is 19.4 Å². The third-order valence-corrected chi connectivity index (χ3v) is 4.59. The second kappa shape index (κ2) is 6.62. The van der Waals surface area contributed by atoms with Crippen LogP contribution in [0.3, 0.4) is 0 Å².